The van der Waals surface area contributed by atoms with Crippen molar-refractivity contribution in [3.8, 4) is 0 Å². The molecule has 0 saturated heterocycles. The Labute approximate surface area is 68.8 Å². The predicted molar refractivity (Wildman–Crippen MR) is 45.6 cm³/mol. The van der Waals surface area contributed by atoms with Crippen molar-refractivity contribution in [1.82, 2.24) is 5.32 Å². The van der Waals surface area contributed by atoms with Crippen molar-refractivity contribution < 1.29 is 9.84 Å². The Morgan fingerprint density at radius 1 is 1.45 bits per heavy atom. The van der Waals surface area contributed by atoms with Crippen LogP contribution >= 0.6 is 0 Å². The van der Waals surface area contributed by atoms with Gasteiger partial charge < -0.3 is 15.2 Å². The van der Waals surface area contributed by atoms with Crippen LogP contribution in [0.25, 0.3) is 0 Å². The van der Waals surface area contributed by atoms with E-state index >= 15 is 0 Å². The fourth-order valence-electron chi connectivity index (χ4n) is 0.917. The second-order valence-electron chi connectivity index (χ2n) is 2.98. The van der Waals surface area contributed by atoms with E-state index in [1.54, 1.807) is 7.11 Å². The molecular weight excluding hydrogens is 142 g/mol. The standard InChI is InChI=1S/C8H19NO2/c1-7(2)8(6-11-3)9-4-5-10/h7-10H,4-6H2,1-3H3. The van der Waals surface area contributed by atoms with Crippen LogP contribution in [0.3, 0.4) is 0 Å². The largest absolute Gasteiger partial charge is 0.395 e. The van der Waals surface area contributed by atoms with Crippen LogP contribution in [0.5, 0.6) is 0 Å². The zero-order chi connectivity index (χ0) is 8.69. The lowest BCUT2D eigenvalue weighted by atomic mass is 10.1. The smallest absolute Gasteiger partial charge is 0.0618 e. The molecule has 11 heavy (non-hydrogen) atoms. The van der Waals surface area contributed by atoms with E-state index in [0.29, 0.717) is 25.1 Å². The molecule has 2 N–H and O–H groups in total. The highest BCUT2D eigenvalue weighted by Gasteiger charge is 2.10. The highest BCUT2D eigenvalue weighted by Crippen LogP contribution is 2.00. The lowest BCUT2D eigenvalue weighted by molar-refractivity contribution is 0.143. The number of nitrogens with one attached hydrogen (secondary N) is 1. The highest BCUT2D eigenvalue weighted by molar-refractivity contribution is 4.68. The lowest BCUT2D eigenvalue weighted by Gasteiger charge is -2.20. The number of hydrogen-bond acceptors (Lipinski definition) is 3. The van der Waals surface area contributed by atoms with Crippen LogP contribution in [0.1, 0.15) is 13.8 Å². The molecule has 0 heterocycles. The summed E-state index contributed by atoms with van der Waals surface area (Å²) in [5.74, 6) is 0.543. The topological polar surface area (TPSA) is 41.5 Å². The quantitative estimate of drug-likeness (QED) is 0.586. The first-order valence-electron chi connectivity index (χ1n) is 4.05. The minimum atomic E-state index is 0.187. The zero-order valence-electron chi connectivity index (χ0n) is 7.63. The molecule has 0 aromatic rings. The minimum absolute atomic E-state index is 0.187. The number of ether oxygens (including phenoxy) is 1. The summed E-state index contributed by atoms with van der Waals surface area (Å²) in [7, 11) is 1.69. The van der Waals surface area contributed by atoms with Crippen LogP contribution in [-0.2, 0) is 4.74 Å². The van der Waals surface area contributed by atoms with Crippen molar-refractivity contribution >= 4 is 0 Å². The summed E-state index contributed by atoms with van der Waals surface area (Å²) in [4.78, 5) is 0. The van der Waals surface area contributed by atoms with Crippen LogP contribution in [0.4, 0.5) is 0 Å². The molecule has 1 atom stereocenters. The first-order valence-corrected chi connectivity index (χ1v) is 4.05. The molecule has 0 bridgehead atoms. The molecule has 0 aromatic carbocycles. The minimum Gasteiger partial charge on any atom is -0.395 e. The van der Waals surface area contributed by atoms with Gasteiger partial charge in [0.05, 0.1) is 13.2 Å². The number of hydrogen-bond donors (Lipinski definition) is 2. The molecule has 1 unspecified atom stereocenters. The summed E-state index contributed by atoms with van der Waals surface area (Å²) < 4.78 is 5.02. The van der Waals surface area contributed by atoms with E-state index in [9.17, 15) is 0 Å². The van der Waals surface area contributed by atoms with E-state index in [2.05, 4.69) is 19.2 Å². The van der Waals surface area contributed by atoms with Crippen molar-refractivity contribution in [2.45, 2.75) is 19.9 Å². The second-order valence-corrected chi connectivity index (χ2v) is 2.98. The summed E-state index contributed by atoms with van der Waals surface area (Å²) in [6.45, 7) is 5.80. The molecule has 0 fully saturated rings. The van der Waals surface area contributed by atoms with Gasteiger partial charge >= 0.3 is 0 Å². The lowest BCUT2D eigenvalue weighted by Crippen LogP contribution is -2.39. The van der Waals surface area contributed by atoms with Gasteiger partial charge in [-0.2, -0.15) is 0 Å². The van der Waals surface area contributed by atoms with Gasteiger partial charge in [-0.1, -0.05) is 13.8 Å². The van der Waals surface area contributed by atoms with Gasteiger partial charge in [0, 0.05) is 19.7 Å². The van der Waals surface area contributed by atoms with Gasteiger partial charge in [0.15, 0.2) is 0 Å². The Balaban J connectivity index is 3.51. The maximum atomic E-state index is 8.56. The third-order valence-electron chi connectivity index (χ3n) is 1.67. The molecule has 68 valence electrons. The maximum Gasteiger partial charge on any atom is 0.0618 e. The predicted octanol–water partition coefficient (Wildman–Crippen LogP) is 0.239. The van der Waals surface area contributed by atoms with Crippen LogP contribution in [0, 0.1) is 5.92 Å². The molecular formula is C8H19NO2. The van der Waals surface area contributed by atoms with E-state index in [4.69, 9.17) is 9.84 Å². The molecule has 0 aromatic heterocycles. The molecule has 0 rings (SSSR count). The fourth-order valence-corrected chi connectivity index (χ4v) is 0.917. The van der Waals surface area contributed by atoms with Crippen LogP contribution in [-0.4, -0.2) is 38.0 Å². The molecule has 0 saturated carbocycles. The normalized spacial score (nSPS) is 13.9. The molecule has 3 heteroatoms. The summed E-state index contributed by atoms with van der Waals surface area (Å²) >= 11 is 0. The Bertz CT molecular complexity index is 86.2. The Morgan fingerprint density at radius 3 is 2.45 bits per heavy atom. The van der Waals surface area contributed by atoms with Gasteiger partial charge in [0.25, 0.3) is 0 Å². The van der Waals surface area contributed by atoms with Gasteiger partial charge in [-0.15, -0.1) is 0 Å². The molecule has 0 aliphatic rings. The molecule has 0 radical (unpaired) electrons. The third kappa shape index (κ3) is 5.18. The van der Waals surface area contributed by atoms with Crippen molar-refractivity contribution in [1.29, 1.82) is 0 Å². The Kier molecular flexibility index (Phi) is 6.51. The van der Waals surface area contributed by atoms with E-state index in [1.165, 1.54) is 0 Å². The van der Waals surface area contributed by atoms with Crippen LogP contribution < -0.4 is 5.32 Å². The number of aliphatic hydroxyl groups is 1. The number of aliphatic hydroxyl groups excluding tert-OH is 1. The summed E-state index contributed by atoms with van der Waals surface area (Å²) in [6, 6.07) is 0.354. The summed E-state index contributed by atoms with van der Waals surface area (Å²) in [6.07, 6.45) is 0. The van der Waals surface area contributed by atoms with Crippen LogP contribution in [0.2, 0.25) is 0 Å². The molecule has 0 aliphatic heterocycles. The van der Waals surface area contributed by atoms with Gasteiger partial charge in [-0.3, -0.25) is 0 Å². The van der Waals surface area contributed by atoms with Crippen molar-refractivity contribution in [3.05, 3.63) is 0 Å². The zero-order valence-corrected chi connectivity index (χ0v) is 7.63. The Hall–Kier alpha value is -0.120. The van der Waals surface area contributed by atoms with E-state index in [0.717, 1.165) is 0 Å². The average molecular weight is 161 g/mol. The fraction of sp³-hybridized carbons (Fsp3) is 1.00. The average Bonchev–Trinajstić information content (AvgIpc) is 1.97. The maximum absolute atomic E-state index is 8.56. The monoisotopic (exact) mass is 161 g/mol. The first-order chi connectivity index (χ1) is 5.22. The third-order valence-corrected chi connectivity index (χ3v) is 1.67. The summed E-state index contributed by atoms with van der Waals surface area (Å²) in [5.41, 5.74) is 0. The van der Waals surface area contributed by atoms with Gasteiger partial charge in [0.1, 0.15) is 0 Å². The van der Waals surface area contributed by atoms with Crippen molar-refractivity contribution in [2.75, 3.05) is 26.9 Å². The summed E-state index contributed by atoms with van der Waals surface area (Å²) in [5, 5.41) is 11.8. The molecule has 0 amide bonds. The van der Waals surface area contributed by atoms with Gasteiger partial charge in [-0.25, -0.2) is 0 Å². The van der Waals surface area contributed by atoms with Crippen molar-refractivity contribution in [3.63, 3.8) is 0 Å². The Morgan fingerprint density at radius 2 is 2.09 bits per heavy atom. The van der Waals surface area contributed by atoms with E-state index in [1.807, 2.05) is 0 Å². The first kappa shape index (κ1) is 10.9. The number of methoxy groups -OCH3 is 1. The SMILES string of the molecule is COCC(NCCO)C(C)C. The van der Waals surface area contributed by atoms with Crippen molar-refractivity contribution in [2.24, 2.45) is 5.92 Å². The highest BCUT2D eigenvalue weighted by atomic mass is 16.5. The second kappa shape index (κ2) is 6.58. The molecule has 0 aliphatic carbocycles. The van der Waals surface area contributed by atoms with Gasteiger partial charge in [-0.05, 0) is 5.92 Å². The number of rotatable bonds is 6. The molecule has 0 spiro atoms. The van der Waals surface area contributed by atoms with Gasteiger partial charge in [0.2, 0.25) is 0 Å². The van der Waals surface area contributed by atoms with Crippen LogP contribution in [0.15, 0.2) is 0 Å². The van der Waals surface area contributed by atoms with E-state index in [-0.39, 0.29) is 6.61 Å². The van der Waals surface area contributed by atoms with E-state index < -0.39 is 0 Å². The molecule has 3 nitrogen and oxygen atoms in total.